The number of nitrogens with zero attached hydrogens (tertiary/aromatic N) is 2. The zero-order valence-electron chi connectivity index (χ0n) is 12.5. The molecule has 0 aliphatic heterocycles. The third kappa shape index (κ3) is 4.30. The zero-order chi connectivity index (χ0) is 15.2. The van der Waals surface area contributed by atoms with Crippen LogP contribution in [0, 0.1) is 17.2 Å². The summed E-state index contributed by atoms with van der Waals surface area (Å²) >= 11 is 0. The van der Waals surface area contributed by atoms with E-state index in [1.807, 2.05) is 24.3 Å². The molecule has 0 amide bonds. The number of hydrogen-bond acceptors (Lipinski definition) is 3. The number of aliphatic carboxylic acids is 1. The molecule has 0 heterocycles. The molecular formula is C17H22N2O2. The third-order valence-corrected chi connectivity index (χ3v) is 4.24. The Morgan fingerprint density at radius 3 is 2.52 bits per heavy atom. The second-order valence-electron chi connectivity index (χ2n) is 5.92. The second-order valence-corrected chi connectivity index (χ2v) is 5.92. The maximum atomic E-state index is 11.1. The Balaban J connectivity index is 2.06. The first kappa shape index (κ1) is 15.5. The van der Waals surface area contributed by atoms with E-state index in [9.17, 15) is 4.79 Å². The van der Waals surface area contributed by atoms with E-state index in [4.69, 9.17) is 10.4 Å². The van der Waals surface area contributed by atoms with Gasteiger partial charge in [0.2, 0.25) is 0 Å². The number of carboxylic acid groups (broad SMARTS) is 1. The van der Waals surface area contributed by atoms with Crippen LogP contribution in [0.3, 0.4) is 0 Å². The summed E-state index contributed by atoms with van der Waals surface area (Å²) in [4.78, 5) is 13.4. The SMILES string of the molecule is CC(CN(Cc1ccc(C#N)cc1)C1CCCC1)C(=O)O. The van der Waals surface area contributed by atoms with Gasteiger partial charge in [-0.15, -0.1) is 0 Å². The first-order valence-electron chi connectivity index (χ1n) is 7.56. The lowest BCUT2D eigenvalue weighted by atomic mass is 10.1. The van der Waals surface area contributed by atoms with Gasteiger partial charge >= 0.3 is 5.97 Å². The number of rotatable bonds is 6. The Morgan fingerprint density at radius 2 is 2.00 bits per heavy atom. The Kier molecular flexibility index (Phi) is 5.35. The standard InChI is InChI=1S/C17H22N2O2/c1-13(17(20)21)11-19(16-4-2-3-5-16)12-15-8-6-14(10-18)7-9-15/h6-9,13,16H,2-5,11-12H2,1H3,(H,20,21). The molecule has 4 nitrogen and oxygen atoms in total. The van der Waals surface area contributed by atoms with E-state index in [1.54, 1.807) is 6.92 Å². The normalized spacial score (nSPS) is 16.8. The molecule has 0 spiro atoms. The van der Waals surface area contributed by atoms with Gasteiger partial charge in [-0.05, 0) is 30.5 Å². The molecule has 1 aliphatic rings. The highest BCUT2D eigenvalue weighted by atomic mass is 16.4. The van der Waals surface area contributed by atoms with Crippen molar-refractivity contribution in [3.05, 3.63) is 35.4 Å². The molecule has 1 unspecified atom stereocenters. The first-order valence-corrected chi connectivity index (χ1v) is 7.56. The van der Waals surface area contributed by atoms with Crippen molar-refractivity contribution in [1.29, 1.82) is 5.26 Å². The van der Waals surface area contributed by atoms with Crippen LogP contribution in [0.25, 0.3) is 0 Å². The summed E-state index contributed by atoms with van der Waals surface area (Å²) in [5.74, 6) is -1.10. The van der Waals surface area contributed by atoms with Crippen LogP contribution in [0.5, 0.6) is 0 Å². The van der Waals surface area contributed by atoms with Gasteiger partial charge in [0.1, 0.15) is 0 Å². The van der Waals surface area contributed by atoms with Gasteiger partial charge < -0.3 is 5.11 Å². The molecule has 21 heavy (non-hydrogen) atoms. The minimum Gasteiger partial charge on any atom is -0.481 e. The Labute approximate surface area is 126 Å². The smallest absolute Gasteiger partial charge is 0.307 e. The van der Waals surface area contributed by atoms with E-state index < -0.39 is 5.97 Å². The van der Waals surface area contributed by atoms with Crippen LogP contribution in [0.15, 0.2) is 24.3 Å². The van der Waals surface area contributed by atoms with E-state index in [-0.39, 0.29) is 5.92 Å². The van der Waals surface area contributed by atoms with Gasteiger partial charge in [-0.2, -0.15) is 5.26 Å². The molecule has 1 aromatic carbocycles. The molecule has 1 N–H and O–H groups in total. The predicted octanol–water partition coefficient (Wildman–Crippen LogP) is 3.02. The lowest BCUT2D eigenvalue weighted by Gasteiger charge is -2.30. The van der Waals surface area contributed by atoms with E-state index >= 15 is 0 Å². The maximum absolute atomic E-state index is 11.1. The van der Waals surface area contributed by atoms with Gasteiger partial charge in [0, 0.05) is 19.1 Å². The van der Waals surface area contributed by atoms with Gasteiger partial charge in [0.05, 0.1) is 17.6 Å². The molecule has 1 atom stereocenters. The van der Waals surface area contributed by atoms with Gasteiger partial charge in [0.25, 0.3) is 0 Å². The largest absolute Gasteiger partial charge is 0.481 e. The molecule has 0 bridgehead atoms. The van der Waals surface area contributed by atoms with Crippen LogP contribution in [0.2, 0.25) is 0 Å². The number of carboxylic acids is 1. The third-order valence-electron chi connectivity index (χ3n) is 4.24. The van der Waals surface area contributed by atoms with Crippen molar-refractivity contribution in [1.82, 2.24) is 4.90 Å². The monoisotopic (exact) mass is 286 g/mol. The average Bonchev–Trinajstić information content (AvgIpc) is 3.01. The fraction of sp³-hybridized carbons (Fsp3) is 0.529. The van der Waals surface area contributed by atoms with Crippen molar-refractivity contribution in [3.63, 3.8) is 0 Å². The van der Waals surface area contributed by atoms with Gasteiger partial charge in [-0.3, -0.25) is 9.69 Å². The molecule has 0 aromatic heterocycles. The van der Waals surface area contributed by atoms with Crippen molar-refractivity contribution in [2.45, 2.75) is 45.2 Å². The summed E-state index contributed by atoms with van der Waals surface area (Å²) in [7, 11) is 0. The molecule has 4 heteroatoms. The Bertz CT molecular complexity index is 513. The first-order chi connectivity index (χ1) is 10.1. The summed E-state index contributed by atoms with van der Waals surface area (Å²) in [5.41, 5.74) is 1.79. The van der Waals surface area contributed by atoms with Crippen molar-refractivity contribution < 1.29 is 9.90 Å². The Morgan fingerprint density at radius 1 is 1.38 bits per heavy atom. The van der Waals surface area contributed by atoms with E-state index in [0.717, 1.165) is 24.9 Å². The molecular weight excluding hydrogens is 264 g/mol. The summed E-state index contributed by atoms with van der Waals surface area (Å²) in [6.07, 6.45) is 4.78. The minimum absolute atomic E-state index is 0.357. The highest BCUT2D eigenvalue weighted by molar-refractivity contribution is 5.69. The molecule has 112 valence electrons. The molecule has 0 radical (unpaired) electrons. The van der Waals surface area contributed by atoms with Crippen LogP contribution in [-0.2, 0) is 11.3 Å². The molecule has 0 saturated heterocycles. The Hall–Kier alpha value is -1.86. The van der Waals surface area contributed by atoms with Crippen molar-refractivity contribution in [3.8, 4) is 6.07 Å². The highest BCUT2D eigenvalue weighted by Gasteiger charge is 2.25. The molecule has 1 aliphatic carbocycles. The lowest BCUT2D eigenvalue weighted by Crippen LogP contribution is -2.38. The number of benzene rings is 1. The fourth-order valence-electron chi connectivity index (χ4n) is 2.96. The zero-order valence-corrected chi connectivity index (χ0v) is 12.5. The summed E-state index contributed by atoms with van der Waals surface area (Å²) in [6.45, 7) is 3.11. The van der Waals surface area contributed by atoms with Crippen molar-refractivity contribution >= 4 is 5.97 Å². The lowest BCUT2D eigenvalue weighted by molar-refractivity contribution is -0.142. The van der Waals surface area contributed by atoms with E-state index in [2.05, 4.69) is 11.0 Å². The van der Waals surface area contributed by atoms with Crippen molar-refractivity contribution in [2.75, 3.05) is 6.54 Å². The topological polar surface area (TPSA) is 64.3 Å². The minimum atomic E-state index is -0.738. The van der Waals surface area contributed by atoms with Gasteiger partial charge in [0.15, 0.2) is 0 Å². The summed E-state index contributed by atoms with van der Waals surface area (Å²) in [6, 6.07) is 10.2. The van der Waals surface area contributed by atoms with Crippen LogP contribution in [0.4, 0.5) is 0 Å². The summed E-state index contributed by atoms with van der Waals surface area (Å²) in [5, 5.41) is 18.0. The molecule has 2 rings (SSSR count). The van der Waals surface area contributed by atoms with Crippen molar-refractivity contribution in [2.24, 2.45) is 5.92 Å². The quantitative estimate of drug-likeness (QED) is 0.873. The van der Waals surface area contributed by atoms with E-state index in [0.29, 0.717) is 18.2 Å². The molecule has 1 fully saturated rings. The maximum Gasteiger partial charge on any atom is 0.307 e. The van der Waals surface area contributed by atoms with Crippen LogP contribution in [0.1, 0.15) is 43.7 Å². The second kappa shape index (κ2) is 7.24. The highest BCUT2D eigenvalue weighted by Crippen LogP contribution is 2.26. The number of carbonyl (C=O) groups is 1. The fourth-order valence-corrected chi connectivity index (χ4v) is 2.96. The molecule has 1 aromatic rings. The van der Waals surface area contributed by atoms with Gasteiger partial charge in [-0.25, -0.2) is 0 Å². The summed E-state index contributed by atoms with van der Waals surface area (Å²) < 4.78 is 0. The van der Waals surface area contributed by atoms with Crippen LogP contribution < -0.4 is 0 Å². The van der Waals surface area contributed by atoms with Crippen LogP contribution in [-0.4, -0.2) is 28.6 Å². The average molecular weight is 286 g/mol. The van der Waals surface area contributed by atoms with E-state index in [1.165, 1.54) is 12.8 Å². The predicted molar refractivity (Wildman–Crippen MR) is 80.6 cm³/mol. The molecule has 1 saturated carbocycles. The van der Waals surface area contributed by atoms with Crippen LogP contribution >= 0.6 is 0 Å². The van der Waals surface area contributed by atoms with Gasteiger partial charge in [-0.1, -0.05) is 31.9 Å². The number of nitriles is 1. The number of hydrogen-bond donors (Lipinski definition) is 1.